The van der Waals surface area contributed by atoms with E-state index in [0.29, 0.717) is 12.8 Å². The Balaban J connectivity index is 0.00000242. The van der Waals surface area contributed by atoms with Crippen LogP contribution >= 0.6 is 12.4 Å². The Bertz CT molecular complexity index is 663. The maximum Gasteiger partial charge on any atom is 0.195 e. The molecule has 22 heavy (non-hydrogen) atoms. The molecule has 0 spiro atoms. The maximum absolute atomic E-state index is 12.4. The van der Waals surface area contributed by atoms with Gasteiger partial charge in [0.25, 0.3) is 0 Å². The van der Waals surface area contributed by atoms with E-state index < -0.39 is 21.3 Å². The van der Waals surface area contributed by atoms with Gasteiger partial charge in [-0.15, -0.1) is 12.4 Å². The van der Waals surface area contributed by atoms with Crippen LogP contribution in [0.1, 0.15) is 12.0 Å². The maximum atomic E-state index is 12.4. The fourth-order valence-corrected chi connectivity index (χ4v) is 3.59. The number of nitrogens with two attached hydrogens (primary N) is 2. The van der Waals surface area contributed by atoms with Crippen LogP contribution in [0.5, 0.6) is 0 Å². The molecule has 2 aromatic rings. The second kappa shape index (κ2) is 8.29. The first-order valence-corrected chi connectivity index (χ1v) is 8.40. The summed E-state index contributed by atoms with van der Waals surface area (Å²) in [5, 5.41) is -1.09. The molecule has 0 fully saturated rings. The zero-order valence-electron chi connectivity index (χ0n) is 12.1. The summed E-state index contributed by atoms with van der Waals surface area (Å²) in [5.74, 6) is 0. The van der Waals surface area contributed by atoms with Crippen molar-refractivity contribution >= 4 is 22.2 Å². The third-order valence-electron chi connectivity index (χ3n) is 3.46. The minimum absolute atomic E-state index is 0. The second-order valence-corrected chi connectivity index (χ2v) is 7.12. The zero-order chi connectivity index (χ0) is 15.3. The van der Waals surface area contributed by atoms with Crippen LogP contribution in [-0.4, -0.2) is 19.8 Å². The standard InChI is InChI=1S/C16H20N2O2S.ClH/c17-15(12-11-13-7-3-1-4-8-13)16(18)21(19,20)14-9-5-2-6-10-14;/h1-10,15-16H,11-12,17-18H2;1H. The van der Waals surface area contributed by atoms with Crippen LogP contribution in [0, 0.1) is 0 Å². The number of aryl methyl sites for hydroxylation is 1. The number of rotatable bonds is 6. The zero-order valence-corrected chi connectivity index (χ0v) is 13.8. The van der Waals surface area contributed by atoms with Crippen molar-refractivity contribution in [3.05, 3.63) is 66.2 Å². The highest BCUT2D eigenvalue weighted by Crippen LogP contribution is 2.16. The summed E-state index contributed by atoms with van der Waals surface area (Å²) >= 11 is 0. The van der Waals surface area contributed by atoms with Gasteiger partial charge in [0.05, 0.1) is 4.90 Å². The predicted octanol–water partition coefficient (Wildman–Crippen LogP) is 2.13. The lowest BCUT2D eigenvalue weighted by Crippen LogP contribution is -2.47. The van der Waals surface area contributed by atoms with E-state index in [4.69, 9.17) is 11.5 Å². The summed E-state index contributed by atoms with van der Waals surface area (Å²) in [4.78, 5) is 0.215. The van der Waals surface area contributed by atoms with Crippen molar-refractivity contribution < 1.29 is 8.42 Å². The first kappa shape index (κ1) is 18.6. The Hall–Kier alpha value is -1.40. The van der Waals surface area contributed by atoms with E-state index in [2.05, 4.69) is 0 Å². The molecule has 2 rings (SSSR count). The molecule has 2 aromatic carbocycles. The lowest BCUT2D eigenvalue weighted by atomic mass is 10.1. The van der Waals surface area contributed by atoms with E-state index in [1.807, 2.05) is 30.3 Å². The summed E-state index contributed by atoms with van der Waals surface area (Å²) < 4.78 is 24.8. The van der Waals surface area contributed by atoms with Crippen LogP contribution in [0.25, 0.3) is 0 Å². The highest BCUT2D eigenvalue weighted by atomic mass is 35.5. The van der Waals surface area contributed by atoms with Gasteiger partial charge in [-0.3, -0.25) is 0 Å². The van der Waals surface area contributed by atoms with Crippen LogP contribution in [0.4, 0.5) is 0 Å². The van der Waals surface area contributed by atoms with Crippen molar-refractivity contribution in [2.45, 2.75) is 29.2 Å². The summed E-state index contributed by atoms with van der Waals surface area (Å²) in [7, 11) is -3.59. The number of hydrogen-bond acceptors (Lipinski definition) is 4. The largest absolute Gasteiger partial charge is 0.325 e. The molecule has 2 atom stereocenters. The Morgan fingerprint density at radius 3 is 1.91 bits per heavy atom. The Morgan fingerprint density at radius 1 is 0.864 bits per heavy atom. The van der Waals surface area contributed by atoms with Crippen LogP contribution in [0.15, 0.2) is 65.6 Å². The Labute approximate surface area is 137 Å². The molecule has 0 aliphatic carbocycles. The molecule has 0 aromatic heterocycles. The monoisotopic (exact) mass is 340 g/mol. The number of hydrogen-bond donors (Lipinski definition) is 2. The van der Waals surface area contributed by atoms with Crippen LogP contribution in [-0.2, 0) is 16.3 Å². The smallest absolute Gasteiger partial charge is 0.195 e. The molecular weight excluding hydrogens is 320 g/mol. The average molecular weight is 341 g/mol. The van der Waals surface area contributed by atoms with Crippen molar-refractivity contribution in [2.24, 2.45) is 11.5 Å². The molecular formula is C16H21ClN2O2S. The SMILES string of the molecule is Cl.NC(CCc1ccccc1)C(N)S(=O)(=O)c1ccccc1. The van der Waals surface area contributed by atoms with Gasteiger partial charge >= 0.3 is 0 Å². The number of benzene rings is 2. The molecule has 120 valence electrons. The third-order valence-corrected chi connectivity index (χ3v) is 5.46. The molecule has 0 radical (unpaired) electrons. The highest BCUT2D eigenvalue weighted by Gasteiger charge is 2.28. The van der Waals surface area contributed by atoms with Crippen molar-refractivity contribution in [1.82, 2.24) is 0 Å². The van der Waals surface area contributed by atoms with Crippen molar-refractivity contribution in [1.29, 1.82) is 0 Å². The van der Waals surface area contributed by atoms with Gasteiger partial charge in [0.1, 0.15) is 5.37 Å². The second-order valence-electron chi connectivity index (χ2n) is 5.01. The first-order valence-electron chi connectivity index (χ1n) is 6.86. The van der Waals surface area contributed by atoms with Gasteiger partial charge in [-0.1, -0.05) is 48.5 Å². The van der Waals surface area contributed by atoms with Gasteiger partial charge < -0.3 is 11.5 Å². The van der Waals surface area contributed by atoms with E-state index in [1.54, 1.807) is 30.3 Å². The van der Waals surface area contributed by atoms with E-state index >= 15 is 0 Å². The van der Waals surface area contributed by atoms with E-state index in [9.17, 15) is 8.42 Å². The molecule has 0 amide bonds. The molecule has 2 unspecified atom stereocenters. The molecule has 4 nitrogen and oxygen atoms in total. The highest BCUT2D eigenvalue weighted by molar-refractivity contribution is 7.92. The molecule has 0 saturated carbocycles. The summed E-state index contributed by atoms with van der Waals surface area (Å²) in [6.45, 7) is 0. The van der Waals surface area contributed by atoms with E-state index in [-0.39, 0.29) is 17.3 Å². The summed E-state index contributed by atoms with van der Waals surface area (Å²) in [6.07, 6.45) is 1.23. The van der Waals surface area contributed by atoms with E-state index in [1.165, 1.54) is 0 Å². The molecule has 6 heteroatoms. The fraction of sp³-hybridized carbons (Fsp3) is 0.250. The van der Waals surface area contributed by atoms with Crippen molar-refractivity contribution in [3.63, 3.8) is 0 Å². The predicted molar refractivity (Wildman–Crippen MR) is 91.6 cm³/mol. The molecule has 0 saturated heterocycles. The van der Waals surface area contributed by atoms with Crippen LogP contribution in [0.3, 0.4) is 0 Å². The molecule has 0 bridgehead atoms. The van der Waals surface area contributed by atoms with Gasteiger partial charge in [0.15, 0.2) is 9.84 Å². The summed E-state index contributed by atoms with van der Waals surface area (Å²) in [5.41, 5.74) is 13.0. The van der Waals surface area contributed by atoms with Crippen LogP contribution < -0.4 is 11.5 Å². The molecule has 4 N–H and O–H groups in total. The molecule has 0 aliphatic rings. The minimum Gasteiger partial charge on any atom is -0.325 e. The van der Waals surface area contributed by atoms with Crippen LogP contribution in [0.2, 0.25) is 0 Å². The average Bonchev–Trinajstić information content (AvgIpc) is 2.53. The van der Waals surface area contributed by atoms with Gasteiger partial charge in [-0.2, -0.15) is 0 Å². The topological polar surface area (TPSA) is 86.2 Å². The van der Waals surface area contributed by atoms with Gasteiger partial charge in [0.2, 0.25) is 0 Å². The normalized spacial score (nSPS) is 13.9. The third kappa shape index (κ3) is 4.55. The Kier molecular flexibility index (Phi) is 7.03. The lowest BCUT2D eigenvalue weighted by molar-refractivity contribution is 0.533. The number of sulfone groups is 1. The van der Waals surface area contributed by atoms with Gasteiger partial charge in [-0.25, -0.2) is 8.42 Å². The van der Waals surface area contributed by atoms with Gasteiger partial charge in [-0.05, 0) is 30.5 Å². The summed E-state index contributed by atoms with van der Waals surface area (Å²) in [6, 6.07) is 17.4. The van der Waals surface area contributed by atoms with E-state index in [0.717, 1.165) is 5.56 Å². The van der Waals surface area contributed by atoms with Crippen molar-refractivity contribution in [3.8, 4) is 0 Å². The minimum atomic E-state index is -3.59. The lowest BCUT2D eigenvalue weighted by Gasteiger charge is -2.20. The molecule has 0 heterocycles. The first-order chi connectivity index (χ1) is 10.0. The quantitative estimate of drug-likeness (QED) is 0.843. The number of halogens is 1. The van der Waals surface area contributed by atoms with Crippen molar-refractivity contribution in [2.75, 3.05) is 0 Å². The Morgan fingerprint density at radius 2 is 1.36 bits per heavy atom. The fourth-order valence-electron chi connectivity index (χ4n) is 2.14. The molecule has 0 aliphatic heterocycles. The van der Waals surface area contributed by atoms with Gasteiger partial charge in [0, 0.05) is 6.04 Å².